The van der Waals surface area contributed by atoms with E-state index in [0.29, 0.717) is 27.0 Å². The first-order chi connectivity index (χ1) is 14.8. The first-order valence-electron chi connectivity index (χ1n) is 10.1. The molecule has 0 spiro atoms. The molecule has 0 bridgehead atoms. The van der Waals surface area contributed by atoms with Crippen LogP contribution >= 0.6 is 23.2 Å². The average Bonchev–Trinajstić information content (AvgIpc) is 3.06. The minimum absolute atomic E-state index is 0.179. The number of pyridine rings is 1. The van der Waals surface area contributed by atoms with E-state index in [-0.39, 0.29) is 11.9 Å². The Labute approximate surface area is 191 Å². The van der Waals surface area contributed by atoms with Gasteiger partial charge < -0.3 is 16.0 Å². The SMILES string of the molecule is Cc1nn(C)cc1C(=O)Nc1cncc(-c2cc(Cl)cc(Cl)c2)c1N1CCC(N)CC1. The summed E-state index contributed by atoms with van der Waals surface area (Å²) >= 11 is 12.5. The summed E-state index contributed by atoms with van der Waals surface area (Å²) in [6.07, 6.45) is 6.89. The summed E-state index contributed by atoms with van der Waals surface area (Å²) in [5, 5.41) is 8.37. The fourth-order valence-electron chi connectivity index (χ4n) is 3.94. The van der Waals surface area contributed by atoms with Crippen LogP contribution in [0.5, 0.6) is 0 Å². The fraction of sp³-hybridized carbons (Fsp3) is 0.318. The molecule has 1 aliphatic heterocycles. The van der Waals surface area contributed by atoms with E-state index in [0.717, 1.165) is 42.7 Å². The predicted octanol–water partition coefficient (Wildman–Crippen LogP) is 4.28. The maximum atomic E-state index is 13.0. The highest BCUT2D eigenvalue weighted by Crippen LogP contribution is 2.39. The van der Waals surface area contributed by atoms with Gasteiger partial charge in [0, 0.05) is 54.2 Å². The van der Waals surface area contributed by atoms with E-state index in [1.165, 1.54) is 0 Å². The normalized spacial score (nSPS) is 14.7. The lowest BCUT2D eigenvalue weighted by atomic mass is 10.0. The summed E-state index contributed by atoms with van der Waals surface area (Å²) in [6, 6.07) is 5.57. The lowest BCUT2D eigenvalue weighted by Crippen LogP contribution is -2.40. The first kappa shape index (κ1) is 21.6. The molecular weight excluding hydrogens is 435 g/mol. The Bertz CT molecular complexity index is 1100. The number of nitrogens with zero attached hydrogens (tertiary/aromatic N) is 4. The van der Waals surface area contributed by atoms with Crippen molar-refractivity contribution in [3.63, 3.8) is 0 Å². The third-order valence-electron chi connectivity index (χ3n) is 5.45. The van der Waals surface area contributed by atoms with Crippen molar-refractivity contribution in [2.24, 2.45) is 12.8 Å². The molecule has 3 heterocycles. The fourth-order valence-corrected chi connectivity index (χ4v) is 4.47. The summed E-state index contributed by atoms with van der Waals surface area (Å²) in [7, 11) is 1.79. The molecule has 1 aromatic carbocycles. The molecule has 0 unspecified atom stereocenters. The smallest absolute Gasteiger partial charge is 0.259 e. The monoisotopic (exact) mass is 458 g/mol. The number of carbonyl (C=O) groups is 1. The zero-order chi connectivity index (χ0) is 22.1. The lowest BCUT2D eigenvalue weighted by molar-refractivity contribution is 0.102. The Morgan fingerprint density at radius 3 is 2.45 bits per heavy atom. The number of aryl methyl sites for hydroxylation is 2. The van der Waals surface area contributed by atoms with Gasteiger partial charge in [-0.3, -0.25) is 14.5 Å². The minimum atomic E-state index is -0.233. The molecule has 1 saturated heterocycles. The minimum Gasteiger partial charge on any atom is -0.369 e. The van der Waals surface area contributed by atoms with Gasteiger partial charge in [-0.05, 0) is 43.5 Å². The molecule has 1 amide bonds. The molecule has 7 nitrogen and oxygen atoms in total. The van der Waals surface area contributed by atoms with Crippen molar-refractivity contribution in [1.82, 2.24) is 14.8 Å². The summed E-state index contributed by atoms with van der Waals surface area (Å²) in [4.78, 5) is 19.6. The molecule has 3 N–H and O–H groups in total. The van der Waals surface area contributed by atoms with Crippen LogP contribution in [0.1, 0.15) is 28.9 Å². The van der Waals surface area contributed by atoms with Crippen LogP contribution in [0.3, 0.4) is 0 Å². The number of hydrogen-bond donors (Lipinski definition) is 2. The molecule has 0 saturated carbocycles. The zero-order valence-corrected chi connectivity index (χ0v) is 18.9. The topological polar surface area (TPSA) is 89.1 Å². The molecule has 31 heavy (non-hydrogen) atoms. The van der Waals surface area contributed by atoms with Crippen LogP contribution in [0, 0.1) is 6.92 Å². The van der Waals surface area contributed by atoms with Gasteiger partial charge in [-0.15, -0.1) is 0 Å². The molecule has 2 aromatic heterocycles. The molecule has 9 heteroatoms. The van der Waals surface area contributed by atoms with Crippen molar-refractivity contribution in [1.29, 1.82) is 0 Å². The molecule has 1 fully saturated rings. The highest BCUT2D eigenvalue weighted by atomic mass is 35.5. The van der Waals surface area contributed by atoms with Crippen molar-refractivity contribution >= 4 is 40.5 Å². The third kappa shape index (κ3) is 4.69. The first-order valence-corrected chi connectivity index (χ1v) is 10.8. The van der Waals surface area contributed by atoms with Gasteiger partial charge >= 0.3 is 0 Å². The van der Waals surface area contributed by atoms with Gasteiger partial charge in [0.1, 0.15) is 0 Å². The van der Waals surface area contributed by atoms with E-state index in [1.807, 2.05) is 19.1 Å². The number of halogens is 2. The van der Waals surface area contributed by atoms with E-state index in [9.17, 15) is 4.79 Å². The van der Waals surface area contributed by atoms with Crippen LogP contribution in [0.25, 0.3) is 11.1 Å². The number of rotatable bonds is 4. The van der Waals surface area contributed by atoms with Gasteiger partial charge in [-0.1, -0.05) is 23.2 Å². The Hall–Kier alpha value is -2.61. The number of carbonyl (C=O) groups excluding carboxylic acids is 1. The maximum absolute atomic E-state index is 13.0. The lowest BCUT2D eigenvalue weighted by Gasteiger charge is -2.34. The number of hydrogen-bond acceptors (Lipinski definition) is 5. The van der Waals surface area contributed by atoms with Crippen LogP contribution in [0.2, 0.25) is 10.0 Å². The summed E-state index contributed by atoms with van der Waals surface area (Å²) in [5.74, 6) is -0.233. The Kier molecular flexibility index (Phi) is 6.18. The Morgan fingerprint density at radius 2 is 1.84 bits per heavy atom. The van der Waals surface area contributed by atoms with Gasteiger partial charge in [0.2, 0.25) is 0 Å². The van der Waals surface area contributed by atoms with Crippen LogP contribution < -0.4 is 16.0 Å². The molecule has 162 valence electrons. The molecular formula is C22H24Cl2N6O. The van der Waals surface area contributed by atoms with Gasteiger partial charge in [0.25, 0.3) is 5.91 Å². The highest BCUT2D eigenvalue weighted by Gasteiger charge is 2.24. The van der Waals surface area contributed by atoms with Crippen molar-refractivity contribution in [2.45, 2.75) is 25.8 Å². The standard InChI is InChI=1S/C22H24Cl2N6O/c1-13-19(12-29(2)28-13)22(31)27-20-11-26-10-18(14-7-15(23)9-16(24)8-14)21(20)30-5-3-17(25)4-6-30/h7-12,17H,3-6,25H2,1-2H3,(H,27,31). The number of amides is 1. The van der Waals surface area contributed by atoms with Crippen LogP contribution in [0.15, 0.2) is 36.8 Å². The van der Waals surface area contributed by atoms with Crippen LogP contribution in [-0.2, 0) is 7.05 Å². The molecule has 1 aliphatic rings. The highest BCUT2D eigenvalue weighted by molar-refractivity contribution is 6.35. The maximum Gasteiger partial charge on any atom is 0.259 e. The van der Waals surface area contributed by atoms with Gasteiger partial charge in [-0.2, -0.15) is 5.10 Å². The number of piperidine rings is 1. The second-order valence-corrected chi connectivity index (χ2v) is 8.69. The van der Waals surface area contributed by atoms with Gasteiger partial charge in [-0.25, -0.2) is 0 Å². The van der Waals surface area contributed by atoms with E-state index in [1.54, 1.807) is 36.4 Å². The largest absolute Gasteiger partial charge is 0.369 e. The van der Waals surface area contributed by atoms with Crippen molar-refractivity contribution < 1.29 is 4.79 Å². The van der Waals surface area contributed by atoms with Crippen molar-refractivity contribution in [3.8, 4) is 11.1 Å². The number of aromatic nitrogens is 3. The average molecular weight is 459 g/mol. The molecule has 0 atom stereocenters. The van der Waals surface area contributed by atoms with E-state index >= 15 is 0 Å². The van der Waals surface area contributed by atoms with Crippen molar-refractivity contribution in [2.75, 3.05) is 23.3 Å². The van der Waals surface area contributed by atoms with E-state index in [2.05, 4.69) is 20.3 Å². The Morgan fingerprint density at radius 1 is 1.16 bits per heavy atom. The summed E-state index contributed by atoms with van der Waals surface area (Å²) < 4.78 is 1.62. The van der Waals surface area contributed by atoms with Crippen molar-refractivity contribution in [3.05, 3.63) is 58.1 Å². The quantitative estimate of drug-likeness (QED) is 0.608. The predicted molar refractivity (Wildman–Crippen MR) is 125 cm³/mol. The molecule has 0 radical (unpaired) electrons. The molecule has 3 aromatic rings. The van der Waals surface area contributed by atoms with Crippen LogP contribution in [0.4, 0.5) is 11.4 Å². The van der Waals surface area contributed by atoms with E-state index in [4.69, 9.17) is 28.9 Å². The Balaban J connectivity index is 1.79. The second kappa shape index (κ2) is 8.86. The number of benzene rings is 1. The number of nitrogens with two attached hydrogens (primary N) is 1. The third-order valence-corrected chi connectivity index (χ3v) is 5.89. The summed E-state index contributed by atoms with van der Waals surface area (Å²) in [5.41, 5.74) is 10.5. The van der Waals surface area contributed by atoms with Gasteiger partial charge in [0.05, 0.1) is 28.8 Å². The second-order valence-electron chi connectivity index (χ2n) is 7.82. The zero-order valence-electron chi connectivity index (χ0n) is 17.4. The number of nitrogens with one attached hydrogen (secondary N) is 1. The van der Waals surface area contributed by atoms with E-state index < -0.39 is 0 Å². The molecule has 4 rings (SSSR count). The van der Waals surface area contributed by atoms with Gasteiger partial charge in [0.15, 0.2) is 0 Å². The summed E-state index contributed by atoms with van der Waals surface area (Å²) in [6.45, 7) is 3.37. The van der Waals surface area contributed by atoms with Crippen LogP contribution in [-0.4, -0.2) is 39.8 Å². The number of anilines is 2. The molecule has 0 aliphatic carbocycles.